The van der Waals surface area contributed by atoms with Gasteiger partial charge in [0.05, 0.1) is 5.92 Å². The number of carbonyl (C=O) groups excluding carboxylic acids is 1. The van der Waals surface area contributed by atoms with E-state index >= 15 is 0 Å². The molecule has 0 spiro atoms. The summed E-state index contributed by atoms with van der Waals surface area (Å²) in [4.78, 5) is 22.8. The molecule has 1 atom stereocenters. The molecule has 0 radical (unpaired) electrons. The first kappa shape index (κ1) is 17.4. The highest BCUT2D eigenvalue weighted by Crippen LogP contribution is 2.29. The molecule has 3 aromatic rings. The second kappa shape index (κ2) is 7.31. The van der Waals surface area contributed by atoms with Gasteiger partial charge in [0, 0.05) is 37.5 Å². The third kappa shape index (κ3) is 3.74. The lowest BCUT2D eigenvalue weighted by Gasteiger charge is -2.16. The Hall–Kier alpha value is -3.02. The summed E-state index contributed by atoms with van der Waals surface area (Å²) in [6.07, 6.45) is 3.80. The summed E-state index contributed by atoms with van der Waals surface area (Å²) in [6, 6.07) is 12.2. The highest BCUT2D eigenvalue weighted by molar-refractivity contribution is 5.79. The minimum Gasteiger partial charge on any atom is -0.339 e. The minimum absolute atomic E-state index is 0.0645. The lowest BCUT2D eigenvalue weighted by molar-refractivity contribution is -0.128. The van der Waals surface area contributed by atoms with E-state index in [1.54, 1.807) is 12.4 Å². The number of aromatic nitrogens is 3. The predicted octanol–water partition coefficient (Wildman–Crippen LogP) is 3.77. The Morgan fingerprint density at radius 3 is 2.74 bits per heavy atom. The zero-order chi connectivity index (χ0) is 18.8. The Bertz CT molecular complexity index is 919. The molecule has 3 heterocycles. The van der Waals surface area contributed by atoms with Crippen molar-refractivity contribution >= 4 is 5.91 Å². The van der Waals surface area contributed by atoms with Gasteiger partial charge in [0.1, 0.15) is 0 Å². The maximum absolute atomic E-state index is 12.4. The summed E-state index contributed by atoms with van der Waals surface area (Å²) >= 11 is 0. The number of pyridine rings is 1. The van der Waals surface area contributed by atoms with E-state index in [0.717, 1.165) is 11.1 Å². The van der Waals surface area contributed by atoms with Gasteiger partial charge in [-0.05, 0) is 29.2 Å². The van der Waals surface area contributed by atoms with Crippen LogP contribution in [0.15, 0.2) is 53.3 Å². The summed E-state index contributed by atoms with van der Waals surface area (Å²) in [5.74, 6) is 1.58. The number of carbonyl (C=O) groups is 1. The second-order valence-electron chi connectivity index (χ2n) is 7.27. The molecule has 138 valence electrons. The van der Waals surface area contributed by atoms with E-state index in [-0.39, 0.29) is 11.8 Å². The maximum Gasteiger partial charge on any atom is 0.232 e. The average Bonchev–Trinajstić information content (AvgIpc) is 3.30. The van der Waals surface area contributed by atoms with Crippen molar-refractivity contribution in [2.24, 2.45) is 0 Å². The molecule has 2 aromatic heterocycles. The lowest BCUT2D eigenvalue weighted by Crippen LogP contribution is -2.24. The summed E-state index contributed by atoms with van der Waals surface area (Å²) < 4.78 is 5.42. The summed E-state index contributed by atoms with van der Waals surface area (Å²) in [5, 5.41) is 4.04. The molecular formula is C21H22N4O2. The Kier molecular flexibility index (Phi) is 4.71. The van der Waals surface area contributed by atoms with Crippen LogP contribution in [0, 0.1) is 0 Å². The van der Waals surface area contributed by atoms with E-state index in [1.807, 2.05) is 17.0 Å². The molecule has 27 heavy (non-hydrogen) atoms. The Balaban J connectivity index is 1.44. The third-order valence-corrected chi connectivity index (χ3v) is 4.95. The number of hydrogen-bond donors (Lipinski definition) is 0. The molecule has 0 bridgehead atoms. The topological polar surface area (TPSA) is 72.1 Å². The van der Waals surface area contributed by atoms with Crippen molar-refractivity contribution in [2.45, 2.75) is 38.6 Å². The van der Waals surface area contributed by atoms with E-state index in [0.29, 0.717) is 37.1 Å². The van der Waals surface area contributed by atoms with Crippen molar-refractivity contribution in [3.05, 3.63) is 65.8 Å². The van der Waals surface area contributed by atoms with Crippen LogP contribution in [0.4, 0.5) is 0 Å². The molecule has 1 amide bonds. The summed E-state index contributed by atoms with van der Waals surface area (Å²) in [5.41, 5.74) is 3.24. The maximum atomic E-state index is 12.4. The fraction of sp³-hybridized carbons (Fsp3) is 0.333. The van der Waals surface area contributed by atoms with Crippen LogP contribution in [0.5, 0.6) is 0 Å². The fourth-order valence-electron chi connectivity index (χ4n) is 3.33. The number of nitrogens with zero attached hydrogens (tertiary/aromatic N) is 4. The summed E-state index contributed by atoms with van der Waals surface area (Å²) in [7, 11) is 0. The number of hydrogen-bond acceptors (Lipinski definition) is 5. The first-order valence-electron chi connectivity index (χ1n) is 9.21. The van der Waals surface area contributed by atoms with Crippen molar-refractivity contribution in [3.8, 4) is 11.4 Å². The van der Waals surface area contributed by atoms with E-state index in [2.05, 4.69) is 53.2 Å². The second-order valence-corrected chi connectivity index (χ2v) is 7.27. The van der Waals surface area contributed by atoms with Crippen LogP contribution in [-0.4, -0.2) is 32.5 Å². The number of likely N-dealkylation sites (tertiary alicyclic amines) is 1. The van der Waals surface area contributed by atoms with E-state index in [1.165, 1.54) is 5.56 Å². The molecule has 1 fully saturated rings. The van der Waals surface area contributed by atoms with Gasteiger partial charge >= 0.3 is 0 Å². The fourth-order valence-corrected chi connectivity index (χ4v) is 3.33. The number of amides is 1. The molecule has 0 aliphatic carbocycles. The largest absolute Gasteiger partial charge is 0.339 e. The van der Waals surface area contributed by atoms with Crippen LogP contribution in [0.2, 0.25) is 0 Å². The Labute approximate surface area is 158 Å². The molecule has 0 N–H and O–H groups in total. The van der Waals surface area contributed by atoms with Crippen LogP contribution >= 0.6 is 0 Å². The van der Waals surface area contributed by atoms with Gasteiger partial charge in [-0.2, -0.15) is 4.98 Å². The van der Waals surface area contributed by atoms with Gasteiger partial charge in [-0.3, -0.25) is 9.78 Å². The Morgan fingerprint density at radius 2 is 2.04 bits per heavy atom. The van der Waals surface area contributed by atoms with Gasteiger partial charge in [0.2, 0.25) is 17.6 Å². The monoisotopic (exact) mass is 362 g/mol. The van der Waals surface area contributed by atoms with Gasteiger partial charge in [-0.1, -0.05) is 43.3 Å². The molecule has 1 unspecified atom stereocenters. The van der Waals surface area contributed by atoms with Crippen molar-refractivity contribution in [1.82, 2.24) is 20.0 Å². The Morgan fingerprint density at radius 1 is 1.22 bits per heavy atom. The van der Waals surface area contributed by atoms with E-state index in [4.69, 9.17) is 4.52 Å². The van der Waals surface area contributed by atoms with Gasteiger partial charge in [0.15, 0.2) is 0 Å². The first-order valence-corrected chi connectivity index (χ1v) is 9.21. The highest BCUT2D eigenvalue weighted by Gasteiger charge is 2.34. The molecular weight excluding hydrogens is 340 g/mol. The van der Waals surface area contributed by atoms with Crippen molar-refractivity contribution in [3.63, 3.8) is 0 Å². The highest BCUT2D eigenvalue weighted by atomic mass is 16.5. The molecule has 1 aliphatic rings. The zero-order valence-corrected chi connectivity index (χ0v) is 15.5. The number of rotatable bonds is 5. The minimum atomic E-state index is -0.0645. The molecule has 1 aliphatic heterocycles. The van der Waals surface area contributed by atoms with Crippen LogP contribution < -0.4 is 0 Å². The molecule has 1 aromatic carbocycles. The van der Waals surface area contributed by atoms with Gasteiger partial charge in [-0.25, -0.2) is 0 Å². The van der Waals surface area contributed by atoms with Crippen molar-refractivity contribution < 1.29 is 9.32 Å². The third-order valence-electron chi connectivity index (χ3n) is 4.95. The van der Waals surface area contributed by atoms with E-state index in [9.17, 15) is 4.79 Å². The smallest absolute Gasteiger partial charge is 0.232 e. The van der Waals surface area contributed by atoms with Gasteiger partial charge in [-0.15, -0.1) is 0 Å². The van der Waals surface area contributed by atoms with Crippen LogP contribution in [0.3, 0.4) is 0 Å². The first-order chi connectivity index (χ1) is 13.1. The van der Waals surface area contributed by atoms with Gasteiger partial charge < -0.3 is 9.42 Å². The molecule has 1 saturated heterocycles. The van der Waals surface area contributed by atoms with Crippen LogP contribution in [-0.2, 0) is 11.3 Å². The molecule has 6 heteroatoms. The quantitative estimate of drug-likeness (QED) is 0.691. The van der Waals surface area contributed by atoms with E-state index < -0.39 is 0 Å². The lowest BCUT2D eigenvalue weighted by atomic mass is 10.0. The number of benzene rings is 1. The zero-order valence-electron chi connectivity index (χ0n) is 15.5. The average molecular weight is 362 g/mol. The molecule has 0 saturated carbocycles. The van der Waals surface area contributed by atoms with Crippen molar-refractivity contribution in [2.75, 3.05) is 6.54 Å². The molecule has 6 nitrogen and oxygen atoms in total. The van der Waals surface area contributed by atoms with Crippen LogP contribution in [0.1, 0.15) is 49.1 Å². The van der Waals surface area contributed by atoms with Crippen LogP contribution in [0.25, 0.3) is 11.4 Å². The van der Waals surface area contributed by atoms with Gasteiger partial charge in [0.25, 0.3) is 0 Å². The predicted molar refractivity (Wildman–Crippen MR) is 101 cm³/mol. The van der Waals surface area contributed by atoms with Crippen molar-refractivity contribution in [1.29, 1.82) is 0 Å². The molecule has 4 rings (SSSR count). The SMILES string of the molecule is CC(C)c1ccc(CN2CC(c3nc(-c4cccnc4)no3)CC2=O)cc1. The normalized spacial score (nSPS) is 17.1. The summed E-state index contributed by atoms with van der Waals surface area (Å²) in [6.45, 7) is 5.55. The standard InChI is InChI=1S/C21H22N4O2/c1-14(2)16-7-5-15(6-8-16)12-25-13-18(10-19(25)26)21-23-20(24-27-21)17-4-3-9-22-11-17/h3-9,11,14,18H,10,12-13H2,1-2H3.